The zero-order chi connectivity index (χ0) is 38.5. The number of amides is 2. The molecule has 5 aromatic carbocycles. The van der Waals surface area contributed by atoms with Gasteiger partial charge in [-0.15, -0.1) is 0 Å². The normalized spacial score (nSPS) is 13.0. The third-order valence-electron chi connectivity index (χ3n) is 8.37. The van der Waals surface area contributed by atoms with Gasteiger partial charge in [0, 0.05) is 46.5 Å². The SMILES string of the molecule is O=C(CN1C(=O)c2ccc(C(=O)O[C@H](C(=O)c3ccccc3)c3ccc([N+](=O)[O-])cc3)cc2C1=O)O[C@@H](C(=O)c1ccccc1)c1ccc([N+](=O)[O-])cc1. The number of ketones is 2. The maximum Gasteiger partial charge on any atom is 0.339 e. The summed E-state index contributed by atoms with van der Waals surface area (Å²) in [4.78, 5) is 102. The lowest BCUT2D eigenvalue weighted by Gasteiger charge is -2.19. The van der Waals surface area contributed by atoms with Crippen molar-refractivity contribution in [3.8, 4) is 0 Å². The molecule has 0 saturated carbocycles. The van der Waals surface area contributed by atoms with Crippen LogP contribution in [0.2, 0.25) is 0 Å². The first-order chi connectivity index (χ1) is 25.9. The number of carbonyl (C=O) groups excluding carboxylic acids is 6. The van der Waals surface area contributed by atoms with Gasteiger partial charge in [-0.2, -0.15) is 0 Å². The topological polar surface area (TPSA) is 210 Å². The van der Waals surface area contributed by atoms with Crippen molar-refractivity contribution in [1.82, 2.24) is 4.90 Å². The average Bonchev–Trinajstić information content (AvgIpc) is 3.43. The fraction of sp³-hybridized carbons (Fsp3) is 0.0769. The first-order valence-corrected chi connectivity index (χ1v) is 16.0. The molecule has 268 valence electrons. The van der Waals surface area contributed by atoms with Gasteiger partial charge >= 0.3 is 11.9 Å². The Labute approximate surface area is 304 Å². The van der Waals surface area contributed by atoms with E-state index in [4.69, 9.17) is 9.47 Å². The molecule has 1 aliphatic rings. The van der Waals surface area contributed by atoms with Gasteiger partial charge in [0.2, 0.25) is 11.6 Å². The van der Waals surface area contributed by atoms with Crippen LogP contribution in [0.15, 0.2) is 127 Å². The molecule has 1 heterocycles. The van der Waals surface area contributed by atoms with Crippen molar-refractivity contribution in [3.05, 3.63) is 187 Å². The molecule has 2 amide bonds. The Bertz CT molecular complexity index is 2330. The van der Waals surface area contributed by atoms with E-state index in [2.05, 4.69) is 0 Å². The van der Waals surface area contributed by atoms with E-state index in [0.29, 0.717) is 4.90 Å². The second kappa shape index (κ2) is 15.3. The predicted octanol–water partition coefficient (Wildman–Crippen LogP) is 6.05. The molecule has 0 spiro atoms. The number of nitro groups is 2. The molecule has 1 aliphatic heterocycles. The van der Waals surface area contributed by atoms with E-state index in [9.17, 15) is 49.0 Å². The Morgan fingerprint density at radius 2 is 1.00 bits per heavy atom. The molecule has 0 bridgehead atoms. The molecule has 15 nitrogen and oxygen atoms in total. The summed E-state index contributed by atoms with van der Waals surface area (Å²) in [5.74, 6) is -5.36. The van der Waals surface area contributed by atoms with Gasteiger partial charge < -0.3 is 9.47 Å². The number of nitro benzene ring substituents is 2. The van der Waals surface area contributed by atoms with Crippen molar-refractivity contribution in [3.63, 3.8) is 0 Å². The number of rotatable bonds is 13. The number of nitrogens with zero attached hydrogens (tertiary/aromatic N) is 3. The maximum absolute atomic E-state index is 13.5. The molecule has 2 atom stereocenters. The number of esters is 2. The summed E-state index contributed by atoms with van der Waals surface area (Å²) < 4.78 is 11.1. The van der Waals surface area contributed by atoms with E-state index in [0.717, 1.165) is 30.3 Å². The van der Waals surface area contributed by atoms with E-state index >= 15 is 0 Å². The highest BCUT2D eigenvalue weighted by atomic mass is 16.6. The van der Waals surface area contributed by atoms with Crippen molar-refractivity contribution >= 4 is 46.7 Å². The van der Waals surface area contributed by atoms with Crippen LogP contribution in [0.4, 0.5) is 11.4 Å². The number of carbonyl (C=O) groups is 6. The molecule has 0 radical (unpaired) electrons. The van der Waals surface area contributed by atoms with Gasteiger partial charge in [0.1, 0.15) is 6.54 Å². The summed E-state index contributed by atoms with van der Waals surface area (Å²) in [6, 6.07) is 28.7. The van der Waals surface area contributed by atoms with Crippen LogP contribution in [0.3, 0.4) is 0 Å². The number of hydrogen-bond donors (Lipinski definition) is 0. The Balaban J connectivity index is 1.21. The van der Waals surface area contributed by atoms with Gasteiger partial charge in [0.15, 0.2) is 12.2 Å². The quantitative estimate of drug-likeness (QED) is 0.0446. The Morgan fingerprint density at radius 3 is 1.46 bits per heavy atom. The molecule has 5 aromatic rings. The third kappa shape index (κ3) is 7.50. The van der Waals surface area contributed by atoms with Crippen molar-refractivity contribution in [1.29, 1.82) is 0 Å². The second-order valence-corrected chi connectivity index (χ2v) is 11.8. The number of Topliss-reactive ketones (excluding diaryl/α,β-unsaturated/α-hetero) is 2. The molecular weight excluding hydrogens is 702 g/mol. The number of imide groups is 1. The summed E-state index contributed by atoms with van der Waals surface area (Å²) in [7, 11) is 0. The minimum atomic E-state index is -1.58. The average molecular weight is 728 g/mol. The molecule has 0 aromatic heterocycles. The van der Waals surface area contributed by atoms with Crippen LogP contribution in [0, 0.1) is 20.2 Å². The number of ether oxygens (including phenoxy) is 2. The molecular formula is C39H25N3O12. The summed E-state index contributed by atoms with van der Waals surface area (Å²) in [5, 5.41) is 22.3. The minimum absolute atomic E-state index is 0.103. The van der Waals surface area contributed by atoms with Crippen LogP contribution in [0.25, 0.3) is 0 Å². The molecule has 6 rings (SSSR count). The van der Waals surface area contributed by atoms with Crippen LogP contribution in [0.1, 0.15) is 75.1 Å². The van der Waals surface area contributed by atoms with Crippen molar-refractivity contribution < 1.29 is 48.1 Å². The lowest BCUT2D eigenvalue weighted by atomic mass is 9.99. The van der Waals surface area contributed by atoms with Crippen LogP contribution in [0.5, 0.6) is 0 Å². The third-order valence-corrected chi connectivity index (χ3v) is 8.37. The van der Waals surface area contributed by atoms with Gasteiger partial charge in [-0.25, -0.2) is 4.79 Å². The fourth-order valence-electron chi connectivity index (χ4n) is 5.63. The number of fused-ring (bicyclic) bond motifs is 1. The van der Waals surface area contributed by atoms with Gasteiger partial charge in [-0.05, 0) is 42.5 Å². The maximum atomic E-state index is 13.5. The van der Waals surface area contributed by atoms with E-state index in [1.807, 2.05) is 0 Å². The molecule has 0 fully saturated rings. The van der Waals surface area contributed by atoms with Crippen molar-refractivity contribution in [2.75, 3.05) is 6.54 Å². The molecule has 0 aliphatic carbocycles. The van der Waals surface area contributed by atoms with Crippen LogP contribution < -0.4 is 0 Å². The van der Waals surface area contributed by atoms with Gasteiger partial charge in [0.05, 0.1) is 26.5 Å². The van der Waals surface area contributed by atoms with Crippen LogP contribution in [-0.2, 0) is 14.3 Å². The highest BCUT2D eigenvalue weighted by Gasteiger charge is 2.39. The Morgan fingerprint density at radius 1 is 0.556 bits per heavy atom. The summed E-state index contributed by atoms with van der Waals surface area (Å²) in [5.41, 5.74) is -0.560. The first-order valence-electron chi connectivity index (χ1n) is 16.0. The standard InChI is InChI=1S/C39H25N3O12/c43-32(53-35(33(44)23-7-3-1-4-8-23)25-11-16-28(17-12-25)41(49)50)22-40-37(46)30-20-15-27(21-31(30)38(40)47)39(48)54-36(34(45)24-9-5-2-6-10-24)26-13-18-29(19-14-26)42(51)52/h1-21,35-36H,22H2/t35-,36+/m1/s1. The van der Waals surface area contributed by atoms with E-state index in [1.54, 1.807) is 36.4 Å². The number of non-ortho nitro benzene ring substituents is 2. The Kier molecular flexibility index (Phi) is 10.2. The van der Waals surface area contributed by atoms with Crippen molar-refractivity contribution in [2.45, 2.75) is 12.2 Å². The molecule has 0 N–H and O–H groups in total. The molecule has 0 saturated heterocycles. The van der Waals surface area contributed by atoms with Gasteiger partial charge in [-0.3, -0.25) is 49.1 Å². The minimum Gasteiger partial charge on any atom is -0.448 e. The smallest absolute Gasteiger partial charge is 0.339 e. The van der Waals surface area contributed by atoms with Crippen LogP contribution >= 0.6 is 0 Å². The van der Waals surface area contributed by atoms with Crippen molar-refractivity contribution in [2.24, 2.45) is 0 Å². The van der Waals surface area contributed by atoms with E-state index < -0.39 is 63.9 Å². The highest BCUT2D eigenvalue weighted by molar-refractivity contribution is 6.23. The highest BCUT2D eigenvalue weighted by Crippen LogP contribution is 2.30. The number of hydrogen-bond acceptors (Lipinski definition) is 12. The van der Waals surface area contributed by atoms with Crippen LogP contribution in [-0.4, -0.2) is 56.6 Å². The monoisotopic (exact) mass is 727 g/mol. The number of benzene rings is 5. The Hall–Kier alpha value is -7.68. The van der Waals surface area contributed by atoms with Gasteiger partial charge in [-0.1, -0.05) is 60.7 Å². The molecule has 54 heavy (non-hydrogen) atoms. The largest absolute Gasteiger partial charge is 0.448 e. The van der Waals surface area contributed by atoms with Gasteiger partial charge in [0.25, 0.3) is 23.2 Å². The van der Waals surface area contributed by atoms with E-state index in [1.165, 1.54) is 60.7 Å². The summed E-state index contributed by atoms with van der Waals surface area (Å²) >= 11 is 0. The zero-order valence-electron chi connectivity index (χ0n) is 27.7. The second-order valence-electron chi connectivity index (χ2n) is 11.8. The summed E-state index contributed by atoms with van der Waals surface area (Å²) in [6.07, 6.45) is -3.13. The fourth-order valence-corrected chi connectivity index (χ4v) is 5.63. The predicted molar refractivity (Wildman–Crippen MR) is 187 cm³/mol. The molecule has 0 unspecified atom stereocenters. The first kappa shape index (κ1) is 36.1. The lowest BCUT2D eigenvalue weighted by Crippen LogP contribution is -2.36. The summed E-state index contributed by atoms with van der Waals surface area (Å²) in [6.45, 7) is -0.925. The lowest BCUT2D eigenvalue weighted by molar-refractivity contribution is -0.385. The molecule has 15 heteroatoms. The zero-order valence-corrected chi connectivity index (χ0v) is 27.7. The van der Waals surface area contributed by atoms with E-state index in [-0.39, 0.29) is 50.3 Å².